The molecular formula is C12H16F4O6P2. The highest BCUT2D eigenvalue weighted by molar-refractivity contribution is 7.53. The van der Waals surface area contributed by atoms with Crippen LogP contribution in [0.4, 0.5) is 17.6 Å². The minimum atomic E-state index is -3.98. The van der Waals surface area contributed by atoms with Gasteiger partial charge in [-0.15, -0.1) is 0 Å². The average molecular weight is 394 g/mol. The lowest BCUT2D eigenvalue weighted by molar-refractivity contribution is 0.271. The lowest BCUT2D eigenvalue weighted by atomic mass is 10.1. The molecule has 0 atom stereocenters. The van der Waals surface area contributed by atoms with E-state index < -0.39 is 61.9 Å². The summed E-state index contributed by atoms with van der Waals surface area (Å²) in [4.78, 5) is 0. The van der Waals surface area contributed by atoms with E-state index in [0.29, 0.717) is 0 Å². The van der Waals surface area contributed by atoms with E-state index in [0.717, 1.165) is 28.4 Å². The van der Waals surface area contributed by atoms with Gasteiger partial charge in [-0.05, 0) is 0 Å². The van der Waals surface area contributed by atoms with Crippen molar-refractivity contribution in [1.29, 1.82) is 0 Å². The fraction of sp³-hybridized carbons (Fsp3) is 0.500. The summed E-state index contributed by atoms with van der Waals surface area (Å²) in [5.41, 5.74) is -2.30. The van der Waals surface area contributed by atoms with E-state index in [9.17, 15) is 26.7 Å². The Morgan fingerprint density at radius 3 is 1.00 bits per heavy atom. The van der Waals surface area contributed by atoms with Crippen LogP contribution in [0, 0.1) is 23.3 Å². The summed E-state index contributed by atoms with van der Waals surface area (Å²) >= 11 is 0. The van der Waals surface area contributed by atoms with Crippen molar-refractivity contribution in [3.63, 3.8) is 0 Å². The van der Waals surface area contributed by atoms with Crippen molar-refractivity contribution < 1.29 is 44.8 Å². The fourth-order valence-electron chi connectivity index (χ4n) is 1.79. The summed E-state index contributed by atoms with van der Waals surface area (Å²) in [7, 11) is -4.15. The van der Waals surface area contributed by atoms with Crippen LogP contribution in [-0.2, 0) is 39.5 Å². The summed E-state index contributed by atoms with van der Waals surface area (Å²) in [5, 5.41) is 0. The zero-order valence-electron chi connectivity index (χ0n) is 13.3. The van der Waals surface area contributed by atoms with Crippen LogP contribution in [0.5, 0.6) is 0 Å². The number of halogens is 4. The molecule has 0 N–H and O–H groups in total. The van der Waals surface area contributed by atoms with Gasteiger partial charge in [0, 0.05) is 39.6 Å². The first-order chi connectivity index (χ1) is 11.1. The van der Waals surface area contributed by atoms with Crippen molar-refractivity contribution in [3.8, 4) is 0 Å². The van der Waals surface area contributed by atoms with Crippen LogP contribution in [0.3, 0.4) is 0 Å². The predicted molar refractivity (Wildman–Crippen MR) is 76.9 cm³/mol. The maximum Gasteiger partial charge on any atom is 0.334 e. The number of hydrogen-bond acceptors (Lipinski definition) is 6. The van der Waals surface area contributed by atoms with E-state index in [1.54, 1.807) is 0 Å². The molecule has 0 radical (unpaired) electrons. The number of hydrogen-bond donors (Lipinski definition) is 0. The van der Waals surface area contributed by atoms with Crippen molar-refractivity contribution in [2.24, 2.45) is 0 Å². The average Bonchev–Trinajstić information content (AvgIpc) is 2.60. The Labute approximate surface area is 136 Å². The molecule has 0 saturated heterocycles. The zero-order chi connectivity index (χ0) is 18.7. The van der Waals surface area contributed by atoms with E-state index in [-0.39, 0.29) is 0 Å². The topological polar surface area (TPSA) is 71.1 Å². The fourth-order valence-corrected chi connectivity index (χ4v) is 3.94. The molecule has 12 heteroatoms. The molecule has 1 rings (SSSR count). The second-order valence-corrected chi connectivity index (χ2v) is 9.02. The zero-order valence-corrected chi connectivity index (χ0v) is 15.1. The highest BCUT2D eigenvalue weighted by atomic mass is 31.2. The van der Waals surface area contributed by atoms with Crippen LogP contribution in [0.2, 0.25) is 0 Å². The second-order valence-electron chi connectivity index (χ2n) is 4.48. The molecule has 1 aromatic carbocycles. The third kappa shape index (κ3) is 4.25. The standard InChI is InChI=1S/C12H16F4O6P2/c1-19-23(17,20-2)5-7-9(13)11(15)8(12(16)10(7)14)6-24(18,21-3)22-4/h5-6H2,1-4H3. The Morgan fingerprint density at radius 1 is 0.625 bits per heavy atom. The van der Waals surface area contributed by atoms with Crippen LogP contribution in [-0.4, -0.2) is 28.4 Å². The number of benzene rings is 1. The van der Waals surface area contributed by atoms with Crippen LogP contribution in [0.25, 0.3) is 0 Å². The van der Waals surface area contributed by atoms with E-state index in [2.05, 4.69) is 18.1 Å². The molecule has 0 amide bonds. The molecule has 138 valence electrons. The first-order valence-electron chi connectivity index (χ1n) is 6.32. The molecule has 0 bridgehead atoms. The summed E-state index contributed by atoms with van der Waals surface area (Å²) in [6.07, 6.45) is -2.06. The molecular weight excluding hydrogens is 378 g/mol. The van der Waals surface area contributed by atoms with Gasteiger partial charge in [0.05, 0.1) is 12.3 Å². The van der Waals surface area contributed by atoms with Gasteiger partial charge >= 0.3 is 15.2 Å². The van der Waals surface area contributed by atoms with Gasteiger partial charge in [0.2, 0.25) is 0 Å². The normalized spacial score (nSPS) is 12.7. The Balaban J connectivity index is 3.46. The van der Waals surface area contributed by atoms with Gasteiger partial charge in [-0.2, -0.15) is 0 Å². The van der Waals surface area contributed by atoms with Crippen LogP contribution < -0.4 is 0 Å². The molecule has 0 unspecified atom stereocenters. The second kappa shape index (κ2) is 8.08. The van der Waals surface area contributed by atoms with Crippen molar-refractivity contribution >= 4 is 15.2 Å². The first kappa shape index (κ1) is 21.3. The van der Waals surface area contributed by atoms with Crippen molar-refractivity contribution in [3.05, 3.63) is 34.4 Å². The Hall–Kier alpha value is -0.760. The van der Waals surface area contributed by atoms with Gasteiger partial charge in [0.1, 0.15) is 0 Å². The van der Waals surface area contributed by atoms with Gasteiger partial charge in [-0.1, -0.05) is 0 Å². The lowest BCUT2D eigenvalue weighted by Crippen LogP contribution is -2.10. The minimum Gasteiger partial charge on any atom is -0.312 e. The minimum absolute atomic E-state index is 0.953. The quantitative estimate of drug-likeness (QED) is 0.374. The van der Waals surface area contributed by atoms with E-state index >= 15 is 0 Å². The third-order valence-electron chi connectivity index (χ3n) is 3.26. The molecule has 0 aliphatic carbocycles. The molecule has 0 aliphatic rings. The molecule has 6 nitrogen and oxygen atoms in total. The smallest absolute Gasteiger partial charge is 0.312 e. The van der Waals surface area contributed by atoms with Crippen LogP contribution in [0.1, 0.15) is 11.1 Å². The highest BCUT2D eigenvalue weighted by Gasteiger charge is 2.34. The summed E-state index contributed by atoms with van der Waals surface area (Å²) in [6, 6.07) is 0. The maximum atomic E-state index is 14.1. The Kier molecular flexibility index (Phi) is 7.16. The number of rotatable bonds is 8. The highest BCUT2D eigenvalue weighted by Crippen LogP contribution is 2.53. The molecule has 0 fully saturated rings. The van der Waals surface area contributed by atoms with Gasteiger partial charge in [0.15, 0.2) is 23.3 Å². The van der Waals surface area contributed by atoms with Crippen molar-refractivity contribution in [1.82, 2.24) is 0 Å². The lowest BCUT2D eigenvalue weighted by Gasteiger charge is -2.18. The monoisotopic (exact) mass is 394 g/mol. The summed E-state index contributed by atoms with van der Waals surface area (Å²) in [5.74, 6) is -7.18. The summed E-state index contributed by atoms with van der Waals surface area (Å²) < 4.78 is 98.3. The van der Waals surface area contributed by atoms with Crippen LogP contribution in [0.15, 0.2) is 0 Å². The maximum absolute atomic E-state index is 14.1. The Bertz CT molecular complexity index is 607. The van der Waals surface area contributed by atoms with Crippen LogP contribution >= 0.6 is 15.2 Å². The van der Waals surface area contributed by atoms with Crippen molar-refractivity contribution in [2.75, 3.05) is 28.4 Å². The van der Waals surface area contributed by atoms with Gasteiger partial charge in [-0.3, -0.25) is 9.13 Å². The van der Waals surface area contributed by atoms with Gasteiger partial charge in [0.25, 0.3) is 0 Å². The van der Waals surface area contributed by atoms with Gasteiger partial charge in [-0.25, -0.2) is 17.6 Å². The Morgan fingerprint density at radius 2 is 0.833 bits per heavy atom. The first-order valence-corrected chi connectivity index (χ1v) is 9.78. The predicted octanol–water partition coefficient (Wildman–Crippen LogP) is 4.21. The van der Waals surface area contributed by atoms with Crippen molar-refractivity contribution in [2.45, 2.75) is 12.3 Å². The molecule has 24 heavy (non-hydrogen) atoms. The van der Waals surface area contributed by atoms with E-state index in [1.807, 2.05) is 0 Å². The SMILES string of the molecule is COP(=O)(Cc1c(F)c(F)c(CP(=O)(OC)OC)c(F)c1F)OC. The largest absolute Gasteiger partial charge is 0.334 e. The van der Waals surface area contributed by atoms with Gasteiger partial charge < -0.3 is 18.1 Å². The molecule has 1 aromatic rings. The summed E-state index contributed by atoms with van der Waals surface area (Å²) in [6.45, 7) is 0. The third-order valence-corrected chi connectivity index (χ3v) is 6.89. The molecule has 0 spiro atoms. The molecule has 0 saturated carbocycles. The molecule has 0 aliphatic heterocycles. The molecule has 0 heterocycles. The van der Waals surface area contributed by atoms with E-state index in [1.165, 1.54) is 0 Å². The van der Waals surface area contributed by atoms with E-state index in [4.69, 9.17) is 0 Å². The molecule has 0 aromatic heterocycles.